The number of oxazole rings is 1. The Morgan fingerprint density at radius 3 is 2.71 bits per heavy atom. The predicted molar refractivity (Wildman–Crippen MR) is 78.1 cm³/mol. The van der Waals surface area contributed by atoms with Gasteiger partial charge in [-0.15, -0.1) is 0 Å². The quantitative estimate of drug-likeness (QED) is 0.812. The van der Waals surface area contributed by atoms with Crippen LogP contribution in [0.1, 0.15) is 56.9 Å². The van der Waals surface area contributed by atoms with Gasteiger partial charge in [0, 0.05) is 6.54 Å². The maximum Gasteiger partial charge on any atom is 0.360 e. The second-order valence-corrected chi connectivity index (χ2v) is 6.50. The van der Waals surface area contributed by atoms with Gasteiger partial charge in [0.15, 0.2) is 5.69 Å². The fraction of sp³-hybridized carbons (Fsp3) is 0.733. The lowest BCUT2D eigenvalue weighted by Gasteiger charge is -2.40. The highest BCUT2D eigenvalue weighted by Gasteiger charge is 2.36. The molecule has 6 nitrogen and oxygen atoms in total. The van der Waals surface area contributed by atoms with E-state index in [2.05, 4.69) is 24.1 Å². The highest BCUT2D eigenvalue weighted by atomic mass is 16.5. The van der Waals surface area contributed by atoms with Crippen LogP contribution in [0.5, 0.6) is 0 Å². The molecule has 1 aliphatic carbocycles. The van der Waals surface area contributed by atoms with Crippen LogP contribution in [0.2, 0.25) is 0 Å². The summed E-state index contributed by atoms with van der Waals surface area (Å²) in [6.07, 6.45) is 4.74. The molecule has 1 aromatic heterocycles. The minimum Gasteiger partial charge on any atom is -0.461 e. The molecule has 1 fully saturated rings. The Morgan fingerprint density at radius 1 is 1.43 bits per heavy atom. The third kappa shape index (κ3) is 4.20. The number of anilines is 1. The zero-order valence-corrected chi connectivity index (χ0v) is 12.9. The van der Waals surface area contributed by atoms with Crippen molar-refractivity contribution in [2.24, 2.45) is 5.41 Å². The Bertz CT molecular complexity index is 486. The molecule has 21 heavy (non-hydrogen) atoms. The fourth-order valence-corrected chi connectivity index (χ4v) is 2.46. The number of carbonyl (C=O) groups excluding carboxylic acids is 1. The van der Waals surface area contributed by atoms with Crippen LogP contribution >= 0.6 is 0 Å². The van der Waals surface area contributed by atoms with E-state index in [4.69, 9.17) is 9.15 Å². The molecule has 1 aliphatic rings. The van der Waals surface area contributed by atoms with E-state index in [-0.39, 0.29) is 11.7 Å². The van der Waals surface area contributed by atoms with Crippen LogP contribution in [-0.2, 0) is 4.74 Å². The molecule has 0 radical (unpaired) electrons. The normalized spacial score (nSPS) is 20.0. The van der Waals surface area contributed by atoms with E-state index in [1.54, 1.807) is 6.92 Å². The summed E-state index contributed by atoms with van der Waals surface area (Å²) < 4.78 is 10.0. The number of carbonyl (C=O) groups is 1. The molecule has 0 aliphatic heterocycles. The van der Waals surface area contributed by atoms with Gasteiger partial charge in [-0.2, -0.15) is 4.98 Å². The van der Waals surface area contributed by atoms with Gasteiger partial charge in [-0.3, -0.25) is 0 Å². The zero-order chi connectivity index (χ0) is 15.5. The molecule has 6 heteroatoms. The van der Waals surface area contributed by atoms with Gasteiger partial charge >= 0.3 is 5.97 Å². The molecule has 2 N–H and O–H groups in total. The summed E-state index contributed by atoms with van der Waals surface area (Å²) in [5.74, 6) is -0.507. The number of hydrogen-bond acceptors (Lipinski definition) is 6. The monoisotopic (exact) mass is 296 g/mol. The van der Waals surface area contributed by atoms with Crippen molar-refractivity contribution in [3.8, 4) is 0 Å². The number of nitrogens with one attached hydrogen (secondary N) is 1. The first-order chi connectivity index (χ1) is 9.84. The van der Waals surface area contributed by atoms with Crippen LogP contribution in [-0.4, -0.2) is 34.8 Å². The summed E-state index contributed by atoms with van der Waals surface area (Å²) in [4.78, 5) is 15.5. The van der Waals surface area contributed by atoms with E-state index in [1.807, 2.05) is 0 Å². The largest absolute Gasteiger partial charge is 0.461 e. The highest BCUT2D eigenvalue weighted by Crippen LogP contribution is 2.40. The van der Waals surface area contributed by atoms with Crippen LogP contribution in [0.15, 0.2) is 10.7 Å². The SMILES string of the molecule is CCOC(=O)c1coc(NCC2(O)CCC(C)(C)CC2)n1. The summed E-state index contributed by atoms with van der Waals surface area (Å²) in [7, 11) is 0. The van der Waals surface area contributed by atoms with E-state index < -0.39 is 11.6 Å². The Morgan fingerprint density at radius 2 is 2.10 bits per heavy atom. The van der Waals surface area contributed by atoms with Crippen LogP contribution in [0, 0.1) is 5.41 Å². The summed E-state index contributed by atoms with van der Waals surface area (Å²) in [6.45, 7) is 6.84. The minimum atomic E-state index is -0.742. The van der Waals surface area contributed by atoms with Crippen molar-refractivity contribution in [3.05, 3.63) is 12.0 Å². The lowest BCUT2D eigenvalue weighted by atomic mass is 9.71. The standard InChI is InChI=1S/C15H24N2O4/c1-4-20-12(18)11-9-21-13(17-11)16-10-15(19)7-5-14(2,3)6-8-15/h9,19H,4-8,10H2,1-3H3,(H,16,17). The van der Waals surface area contributed by atoms with Crippen molar-refractivity contribution < 1.29 is 19.1 Å². The maximum atomic E-state index is 11.5. The topological polar surface area (TPSA) is 84.6 Å². The predicted octanol–water partition coefficient (Wildman–Crippen LogP) is 2.59. The van der Waals surface area contributed by atoms with Crippen LogP contribution in [0.4, 0.5) is 6.01 Å². The molecule has 0 amide bonds. The molecule has 0 spiro atoms. The van der Waals surface area contributed by atoms with Crippen molar-refractivity contribution in [1.29, 1.82) is 0 Å². The number of ether oxygens (including phenoxy) is 1. The molecule has 118 valence electrons. The first kappa shape index (κ1) is 15.8. The molecule has 0 atom stereocenters. The summed E-state index contributed by atoms with van der Waals surface area (Å²) >= 11 is 0. The average Bonchev–Trinajstić information content (AvgIpc) is 2.90. The van der Waals surface area contributed by atoms with Crippen LogP contribution in [0.25, 0.3) is 0 Å². The third-order valence-corrected chi connectivity index (χ3v) is 4.09. The van der Waals surface area contributed by atoms with Gasteiger partial charge < -0.3 is 19.6 Å². The van der Waals surface area contributed by atoms with Gasteiger partial charge in [-0.25, -0.2) is 4.79 Å². The molecule has 0 aromatic carbocycles. The summed E-state index contributed by atoms with van der Waals surface area (Å²) in [5.41, 5.74) is -0.309. The molecular weight excluding hydrogens is 272 g/mol. The third-order valence-electron chi connectivity index (χ3n) is 4.09. The Labute approximate surface area is 124 Å². The van der Waals surface area contributed by atoms with Gasteiger partial charge in [-0.05, 0) is 38.0 Å². The Hall–Kier alpha value is -1.56. The van der Waals surface area contributed by atoms with Gasteiger partial charge in [0.1, 0.15) is 6.26 Å². The van der Waals surface area contributed by atoms with E-state index in [9.17, 15) is 9.90 Å². The molecule has 2 rings (SSSR count). The Balaban J connectivity index is 1.87. The summed E-state index contributed by atoms with van der Waals surface area (Å²) in [5, 5.41) is 13.5. The molecule has 0 saturated heterocycles. The Kier molecular flexibility index (Phi) is 4.56. The summed E-state index contributed by atoms with van der Waals surface area (Å²) in [6, 6.07) is 0.233. The number of nitrogens with zero attached hydrogens (tertiary/aromatic N) is 1. The maximum absolute atomic E-state index is 11.5. The highest BCUT2D eigenvalue weighted by molar-refractivity contribution is 5.87. The molecule has 1 heterocycles. The molecule has 1 saturated carbocycles. The van der Waals surface area contributed by atoms with Crippen molar-refractivity contribution in [2.45, 2.75) is 52.1 Å². The first-order valence-corrected chi connectivity index (χ1v) is 7.42. The van der Waals surface area contributed by atoms with Crippen molar-refractivity contribution in [3.63, 3.8) is 0 Å². The van der Waals surface area contributed by atoms with E-state index >= 15 is 0 Å². The second kappa shape index (κ2) is 6.05. The first-order valence-electron chi connectivity index (χ1n) is 7.42. The minimum absolute atomic E-state index is 0.135. The van der Waals surface area contributed by atoms with E-state index in [0.29, 0.717) is 18.6 Å². The zero-order valence-electron chi connectivity index (χ0n) is 12.9. The van der Waals surface area contributed by atoms with Gasteiger partial charge in [0.2, 0.25) is 0 Å². The molecule has 1 aromatic rings. The lowest BCUT2D eigenvalue weighted by Crippen LogP contribution is -2.42. The van der Waals surface area contributed by atoms with Crippen molar-refractivity contribution in [2.75, 3.05) is 18.5 Å². The van der Waals surface area contributed by atoms with Gasteiger partial charge in [-0.1, -0.05) is 13.8 Å². The van der Waals surface area contributed by atoms with E-state index in [0.717, 1.165) is 25.7 Å². The van der Waals surface area contributed by atoms with Crippen LogP contribution in [0.3, 0.4) is 0 Å². The number of esters is 1. The fourth-order valence-electron chi connectivity index (χ4n) is 2.46. The smallest absolute Gasteiger partial charge is 0.360 e. The molecular formula is C15H24N2O4. The lowest BCUT2D eigenvalue weighted by molar-refractivity contribution is -0.0148. The molecule has 0 unspecified atom stereocenters. The number of aliphatic hydroxyl groups is 1. The van der Waals surface area contributed by atoms with Crippen molar-refractivity contribution >= 4 is 12.0 Å². The van der Waals surface area contributed by atoms with E-state index in [1.165, 1.54) is 6.26 Å². The van der Waals surface area contributed by atoms with Crippen LogP contribution < -0.4 is 5.32 Å². The second-order valence-electron chi connectivity index (χ2n) is 6.50. The average molecular weight is 296 g/mol. The van der Waals surface area contributed by atoms with Gasteiger partial charge in [0.05, 0.1) is 12.2 Å². The number of hydrogen-bond donors (Lipinski definition) is 2. The molecule has 0 bridgehead atoms. The van der Waals surface area contributed by atoms with Crippen molar-refractivity contribution in [1.82, 2.24) is 4.98 Å². The number of aromatic nitrogens is 1. The number of rotatable bonds is 5. The van der Waals surface area contributed by atoms with Gasteiger partial charge in [0.25, 0.3) is 6.01 Å².